The van der Waals surface area contributed by atoms with Crippen molar-refractivity contribution in [2.75, 3.05) is 38.7 Å². The number of carbonyl (C=O) groups excluding carboxylic acids is 2. The molecule has 0 radical (unpaired) electrons. The molecular weight excluding hydrogens is 446 g/mol. The molecular formula is C27H33N3O5. The Morgan fingerprint density at radius 3 is 2.37 bits per heavy atom. The first-order valence-corrected chi connectivity index (χ1v) is 11.7. The lowest BCUT2D eigenvalue weighted by molar-refractivity contribution is -0.133. The van der Waals surface area contributed by atoms with Crippen LogP contribution in [0.25, 0.3) is 0 Å². The molecule has 35 heavy (non-hydrogen) atoms. The van der Waals surface area contributed by atoms with E-state index >= 15 is 0 Å². The zero-order chi connectivity index (χ0) is 24.9. The van der Waals surface area contributed by atoms with Crippen molar-refractivity contribution < 1.29 is 23.5 Å². The summed E-state index contributed by atoms with van der Waals surface area (Å²) in [6.07, 6.45) is 2.19. The average molecular weight is 480 g/mol. The van der Waals surface area contributed by atoms with Crippen molar-refractivity contribution in [3.8, 4) is 5.75 Å². The molecule has 0 aliphatic heterocycles. The number of rotatable bonds is 13. The molecule has 2 aromatic carbocycles. The first-order chi connectivity index (χ1) is 17.1. The van der Waals surface area contributed by atoms with Gasteiger partial charge in [-0.1, -0.05) is 30.3 Å². The first-order valence-electron chi connectivity index (χ1n) is 11.7. The Hall–Kier alpha value is -3.78. The predicted octanol–water partition coefficient (Wildman–Crippen LogP) is 4.78. The Morgan fingerprint density at radius 2 is 1.71 bits per heavy atom. The molecule has 0 fully saturated rings. The molecule has 0 unspecified atom stereocenters. The van der Waals surface area contributed by atoms with Crippen LogP contribution < -0.4 is 10.1 Å². The van der Waals surface area contributed by atoms with Gasteiger partial charge in [0.05, 0.1) is 19.4 Å². The number of carbonyl (C=O) groups is 2. The Kier molecular flexibility index (Phi) is 10.2. The van der Waals surface area contributed by atoms with Crippen molar-refractivity contribution in [2.24, 2.45) is 0 Å². The summed E-state index contributed by atoms with van der Waals surface area (Å²) in [6.45, 7) is 4.00. The summed E-state index contributed by atoms with van der Waals surface area (Å²) in [5.74, 6) is 1.23. The predicted molar refractivity (Wildman–Crippen MR) is 134 cm³/mol. The third-order valence-electron chi connectivity index (χ3n) is 5.30. The Labute approximate surface area is 206 Å². The van der Waals surface area contributed by atoms with Gasteiger partial charge in [-0.2, -0.15) is 0 Å². The number of amides is 3. The summed E-state index contributed by atoms with van der Waals surface area (Å²) in [5, 5.41) is 2.88. The van der Waals surface area contributed by atoms with E-state index in [-0.39, 0.29) is 18.5 Å². The fraction of sp³-hybridized carbons (Fsp3) is 0.333. The van der Waals surface area contributed by atoms with Crippen LogP contribution in [0.1, 0.15) is 24.7 Å². The third kappa shape index (κ3) is 8.50. The highest BCUT2D eigenvalue weighted by molar-refractivity contribution is 5.92. The molecule has 8 heteroatoms. The Balaban J connectivity index is 1.71. The monoisotopic (exact) mass is 479 g/mol. The zero-order valence-electron chi connectivity index (χ0n) is 20.3. The standard InChI is InChI=1S/C27H33N3O5/c1-3-34-24-14-12-23(13-15-24)28-27(32)29(16-8-17-33-2)21-26(31)30(20-25-11-7-18-35-25)19-22-9-5-4-6-10-22/h4-7,9-15,18H,3,8,16-17,19-21H2,1-2H3,(H,28,32). The molecule has 0 aliphatic carbocycles. The second kappa shape index (κ2) is 13.8. The summed E-state index contributed by atoms with van der Waals surface area (Å²) >= 11 is 0. The van der Waals surface area contributed by atoms with E-state index < -0.39 is 0 Å². The number of benzene rings is 2. The van der Waals surface area contributed by atoms with Crippen molar-refractivity contribution in [3.63, 3.8) is 0 Å². The van der Waals surface area contributed by atoms with E-state index in [2.05, 4.69) is 5.32 Å². The van der Waals surface area contributed by atoms with Crippen molar-refractivity contribution in [2.45, 2.75) is 26.4 Å². The van der Waals surface area contributed by atoms with Gasteiger partial charge in [0.25, 0.3) is 0 Å². The van der Waals surface area contributed by atoms with E-state index in [9.17, 15) is 9.59 Å². The molecule has 0 saturated heterocycles. The second-order valence-electron chi connectivity index (χ2n) is 7.97. The van der Waals surface area contributed by atoms with Crippen LogP contribution in [-0.2, 0) is 22.6 Å². The van der Waals surface area contributed by atoms with Crippen molar-refractivity contribution >= 4 is 17.6 Å². The van der Waals surface area contributed by atoms with Gasteiger partial charge in [0.1, 0.15) is 18.1 Å². The number of urea groups is 1. The second-order valence-corrected chi connectivity index (χ2v) is 7.97. The van der Waals surface area contributed by atoms with Crippen molar-refractivity contribution in [1.29, 1.82) is 0 Å². The smallest absolute Gasteiger partial charge is 0.322 e. The van der Waals surface area contributed by atoms with Gasteiger partial charge in [0, 0.05) is 32.5 Å². The molecule has 0 bridgehead atoms. The third-order valence-corrected chi connectivity index (χ3v) is 5.30. The fourth-order valence-corrected chi connectivity index (χ4v) is 3.55. The van der Waals surface area contributed by atoms with Gasteiger partial charge < -0.3 is 29.0 Å². The largest absolute Gasteiger partial charge is 0.494 e. The average Bonchev–Trinajstić information content (AvgIpc) is 3.38. The van der Waals surface area contributed by atoms with Crippen molar-refractivity contribution in [1.82, 2.24) is 9.80 Å². The van der Waals surface area contributed by atoms with Gasteiger partial charge in [-0.05, 0) is 55.3 Å². The maximum atomic E-state index is 13.4. The minimum atomic E-state index is -0.351. The number of methoxy groups -OCH3 is 1. The number of hydrogen-bond donors (Lipinski definition) is 1. The molecule has 1 heterocycles. The SMILES string of the molecule is CCOc1ccc(NC(=O)N(CCCOC)CC(=O)N(Cc2ccccc2)Cc2ccco2)cc1. The molecule has 3 rings (SSSR count). The zero-order valence-corrected chi connectivity index (χ0v) is 20.3. The number of hydrogen-bond acceptors (Lipinski definition) is 5. The number of furan rings is 1. The van der Waals surface area contributed by atoms with Crippen LogP contribution in [0.4, 0.5) is 10.5 Å². The fourth-order valence-electron chi connectivity index (χ4n) is 3.55. The highest BCUT2D eigenvalue weighted by atomic mass is 16.5. The van der Waals surface area contributed by atoms with E-state index in [0.717, 1.165) is 11.3 Å². The molecule has 0 spiro atoms. The number of anilines is 1. The van der Waals surface area contributed by atoms with Crippen LogP contribution in [0.3, 0.4) is 0 Å². The highest BCUT2D eigenvalue weighted by Gasteiger charge is 2.22. The summed E-state index contributed by atoms with van der Waals surface area (Å²) in [7, 11) is 1.61. The lowest BCUT2D eigenvalue weighted by Crippen LogP contribution is -2.44. The van der Waals surface area contributed by atoms with Gasteiger partial charge in [-0.15, -0.1) is 0 Å². The van der Waals surface area contributed by atoms with Crippen LogP contribution in [-0.4, -0.2) is 55.2 Å². The quantitative estimate of drug-likeness (QED) is 0.357. The minimum absolute atomic E-state index is 0.0693. The molecule has 1 aromatic heterocycles. The van der Waals surface area contributed by atoms with Gasteiger partial charge in [-0.3, -0.25) is 4.79 Å². The highest BCUT2D eigenvalue weighted by Crippen LogP contribution is 2.17. The van der Waals surface area contributed by atoms with Crippen LogP contribution >= 0.6 is 0 Å². The van der Waals surface area contributed by atoms with Crippen LogP contribution in [0, 0.1) is 0 Å². The molecule has 1 N–H and O–H groups in total. The first kappa shape index (κ1) is 25.8. The molecule has 3 aromatic rings. The summed E-state index contributed by atoms with van der Waals surface area (Å²) < 4.78 is 16.1. The minimum Gasteiger partial charge on any atom is -0.494 e. The van der Waals surface area contributed by atoms with Gasteiger partial charge in [0.2, 0.25) is 5.91 Å². The molecule has 3 amide bonds. The van der Waals surface area contributed by atoms with E-state index in [4.69, 9.17) is 13.9 Å². The van der Waals surface area contributed by atoms with Crippen LogP contribution in [0.15, 0.2) is 77.4 Å². The summed E-state index contributed by atoms with van der Waals surface area (Å²) in [6, 6.07) is 20.2. The summed E-state index contributed by atoms with van der Waals surface area (Å²) in [5.41, 5.74) is 1.62. The van der Waals surface area contributed by atoms with E-state index in [1.807, 2.05) is 43.3 Å². The van der Waals surface area contributed by atoms with E-state index in [1.54, 1.807) is 48.6 Å². The molecule has 186 valence electrons. The molecule has 0 saturated carbocycles. The van der Waals surface area contributed by atoms with Gasteiger partial charge in [-0.25, -0.2) is 4.79 Å². The van der Waals surface area contributed by atoms with Gasteiger partial charge in [0.15, 0.2) is 0 Å². The van der Waals surface area contributed by atoms with Gasteiger partial charge >= 0.3 is 6.03 Å². The van der Waals surface area contributed by atoms with Crippen molar-refractivity contribution in [3.05, 3.63) is 84.3 Å². The molecule has 0 aliphatic rings. The van der Waals surface area contributed by atoms with Crippen LogP contribution in [0.5, 0.6) is 5.75 Å². The lowest BCUT2D eigenvalue weighted by Gasteiger charge is -2.27. The summed E-state index contributed by atoms with van der Waals surface area (Å²) in [4.78, 5) is 29.7. The number of nitrogens with one attached hydrogen (secondary N) is 1. The molecule has 0 atom stereocenters. The Bertz CT molecular complexity index is 1020. The topological polar surface area (TPSA) is 84.2 Å². The van der Waals surface area contributed by atoms with E-state index in [0.29, 0.717) is 50.7 Å². The van der Waals surface area contributed by atoms with E-state index in [1.165, 1.54) is 4.90 Å². The lowest BCUT2D eigenvalue weighted by atomic mass is 10.2. The maximum Gasteiger partial charge on any atom is 0.322 e. The number of ether oxygens (including phenoxy) is 2. The maximum absolute atomic E-state index is 13.4. The number of nitrogens with zero attached hydrogens (tertiary/aromatic N) is 2. The normalized spacial score (nSPS) is 10.6. The molecule has 8 nitrogen and oxygen atoms in total. The van der Waals surface area contributed by atoms with Crippen LogP contribution in [0.2, 0.25) is 0 Å². The Morgan fingerprint density at radius 1 is 0.943 bits per heavy atom.